The molecule has 2 heterocycles. The summed E-state index contributed by atoms with van der Waals surface area (Å²) in [5, 5.41) is 12.0. The molecule has 3 aromatic rings. The highest BCUT2D eigenvalue weighted by atomic mass is 32.1. The maximum atomic E-state index is 12.7. The van der Waals surface area contributed by atoms with Gasteiger partial charge in [0.25, 0.3) is 0 Å². The maximum Gasteiger partial charge on any atom is 0.247 e. The smallest absolute Gasteiger partial charge is 0.247 e. The van der Waals surface area contributed by atoms with Crippen LogP contribution in [0.15, 0.2) is 58.4 Å². The van der Waals surface area contributed by atoms with Crippen molar-refractivity contribution in [2.75, 3.05) is 11.9 Å². The van der Waals surface area contributed by atoms with Crippen LogP contribution in [0.4, 0.5) is 5.82 Å². The standard InChI is InChI=1S/C18H19N3O2S/c1-13-12-16(21-23-13)20-18(22)17(14-6-3-2-4-7-14)19-10-9-15-8-5-11-24-15/h2-8,11-12,17,19H,9-10H2,1H3,(H,20,21,22)/t17-/m0/s1. The normalized spacial score (nSPS) is 12.0. The number of hydrogen-bond acceptors (Lipinski definition) is 5. The van der Waals surface area contributed by atoms with Gasteiger partial charge in [0.2, 0.25) is 5.91 Å². The Morgan fingerprint density at radius 2 is 2.08 bits per heavy atom. The molecule has 0 fully saturated rings. The fourth-order valence-electron chi connectivity index (χ4n) is 2.43. The first-order valence-corrected chi connectivity index (χ1v) is 8.65. The largest absolute Gasteiger partial charge is 0.360 e. The van der Waals surface area contributed by atoms with Gasteiger partial charge in [-0.1, -0.05) is 41.6 Å². The van der Waals surface area contributed by atoms with Gasteiger partial charge in [-0.25, -0.2) is 0 Å². The van der Waals surface area contributed by atoms with Crippen molar-refractivity contribution >= 4 is 23.1 Å². The predicted octanol–water partition coefficient (Wildman–Crippen LogP) is 3.56. The number of hydrogen-bond donors (Lipinski definition) is 2. The highest BCUT2D eigenvalue weighted by Gasteiger charge is 2.21. The third kappa shape index (κ3) is 4.31. The van der Waals surface area contributed by atoms with E-state index in [1.807, 2.05) is 36.4 Å². The third-order valence-corrected chi connectivity index (χ3v) is 4.51. The number of carbonyl (C=O) groups is 1. The first-order valence-electron chi connectivity index (χ1n) is 7.77. The molecule has 0 aliphatic rings. The van der Waals surface area contributed by atoms with E-state index in [1.165, 1.54) is 4.88 Å². The summed E-state index contributed by atoms with van der Waals surface area (Å²) in [5.41, 5.74) is 0.918. The van der Waals surface area contributed by atoms with Crippen LogP contribution < -0.4 is 10.6 Å². The van der Waals surface area contributed by atoms with Gasteiger partial charge in [0, 0.05) is 17.5 Å². The first kappa shape index (κ1) is 16.4. The van der Waals surface area contributed by atoms with Crippen molar-refractivity contribution in [3.8, 4) is 0 Å². The van der Waals surface area contributed by atoms with Crippen LogP contribution in [-0.4, -0.2) is 17.6 Å². The number of rotatable bonds is 7. The van der Waals surface area contributed by atoms with Crippen molar-refractivity contribution < 1.29 is 9.32 Å². The Bertz CT molecular complexity index is 769. The Labute approximate surface area is 144 Å². The average molecular weight is 341 g/mol. The summed E-state index contributed by atoms with van der Waals surface area (Å²) in [6.45, 7) is 2.50. The lowest BCUT2D eigenvalue weighted by Crippen LogP contribution is -2.34. The molecule has 0 unspecified atom stereocenters. The Balaban J connectivity index is 1.68. The van der Waals surface area contributed by atoms with Gasteiger partial charge in [0.05, 0.1) is 0 Å². The second-order valence-corrected chi connectivity index (χ2v) is 6.47. The van der Waals surface area contributed by atoms with E-state index >= 15 is 0 Å². The molecule has 6 heteroatoms. The van der Waals surface area contributed by atoms with Crippen LogP contribution in [0, 0.1) is 6.92 Å². The molecule has 5 nitrogen and oxygen atoms in total. The number of aryl methyl sites for hydroxylation is 1. The number of carbonyl (C=O) groups excluding carboxylic acids is 1. The lowest BCUT2D eigenvalue weighted by atomic mass is 10.1. The van der Waals surface area contributed by atoms with E-state index in [0.29, 0.717) is 18.1 Å². The average Bonchev–Trinajstić information content (AvgIpc) is 3.24. The topological polar surface area (TPSA) is 67.2 Å². The van der Waals surface area contributed by atoms with Crippen molar-refractivity contribution in [1.82, 2.24) is 10.5 Å². The quantitative estimate of drug-likeness (QED) is 0.689. The summed E-state index contributed by atoms with van der Waals surface area (Å²) in [6.07, 6.45) is 0.886. The number of nitrogens with zero attached hydrogens (tertiary/aromatic N) is 1. The molecule has 24 heavy (non-hydrogen) atoms. The highest BCUT2D eigenvalue weighted by molar-refractivity contribution is 7.09. The second kappa shape index (κ2) is 7.90. The highest BCUT2D eigenvalue weighted by Crippen LogP contribution is 2.17. The van der Waals surface area contributed by atoms with Gasteiger partial charge in [0.15, 0.2) is 5.82 Å². The zero-order valence-electron chi connectivity index (χ0n) is 13.4. The monoisotopic (exact) mass is 341 g/mol. The minimum absolute atomic E-state index is 0.152. The molecular formula is C18H19N3O2S. The molecule has 0 aliphatic carbocycles. The summed E-state index contributed by atoms with van der Waals surface area (Å²) < 4.78 is 5.00. The summed E-state index contributed by atoms with van der Waals surface area (Å²) in [5.74, 6) is 0.936. The molecule has 0 bridgehead atoms. The van der Waals surface area contributed by atoms with E-state index in [4.69, 9.17) is 4.52 Å². The van der Waals surface area contributed by atoms with Gasteiger partial charge in [-0.3, -0.25) is 4.79 Å². The lowest BCUT2D eigenvalue weighted by molar-refractivity contribution is -0.118. The zero-order valence-corrected chi connectivity index (χ0v) is 14.2. The second-order valence-electron chi connectivity index (χ2n) is 5.44. The lowest BCUT2D eigenvalue weighted by Gasteiger charge is -2.18. The van der Waals surface area contributed by atoms with Crippen LogP contribution in [0.25, 0.3) is 0 Å². The molecular weight excluding hydrogens is 322 g/mol. The van der Waals surface area contributed by atoms with Crippen molar-refractivity contribution in [3.05, 3.63) is 70.1 Å². The molecule has 0 spiro atoms. The van der Waals surface area contributed by atoms with Crippen LogP contribution in [0.1, 0.15) is 22.2 Å². The predicted molar refractivity (Wildman–Crippen MR) is 95.1 cm³/mol. The Morgan fingerprint density at radius 1 is 1.25 bits per heavy atom. The molecule has 2 N–H and O–H groups in total. The molecule has 1 amide bonds. The number of amides is 1. The van der Waals surface area contributed by atoms with E-state index < -0.39 is 6.04 Å². The molecule has 0 aliphatic heterocycles. The SMILES string of the molecule is Cc1cc(NC(=O)[C@@H](NCCc2cccs2)c2ccccc2)no1. The van der Waals surface area contributed by atoms with Gasteiger partial charge in [-0.2, -0.15) is 0 Å². The van der Waals surface area contributed by atoms with E-state index in [2.05, 4.69) is 27.2 Å². The van der Waals surface area contributed by atoms with Crippen LogP contribution in [0.3, 0.4) is 0 Å². The van der Waals surface area contributed by atoms with Gasteiger partial charge in [-0.05, 0) is 30.4 Å². The van der Waals surface area contributed by atoms with Crippen molar-refractivity contribution in [1.29, 1.82) is 0 Å². The molecule has 3 rings (SSSR count). The Kier molecular flexibility index (Phi) is 5.40. The van der Waals surface area contributed by atoms with E-state index in [1.54, 1.807) is 24.3 Å². The number of nitrogens with one attached hydrogen (secondary N) is 2. The molecule has 0 saturated carbocycles. The summed E-state index contributed by atoms with van der Waals surface area (Å²) >= 11 is 1.72. The number of benzene rings is 1. The van der Waals surface area contributed by atoms with Gasteiger partial charge < -0.3 is 15.2 Å². The van der Waals surface area contributed by atoms with Gasteiger partial charge >= 0.3 is 0 Å². The van der Waals surface area contributed by atoms with Gasteiger partial charge in [0.1, 0.15) is 11.8 Å². The van der Waals surface area contributed by atoms with E-state index in [-0.39, 0.29) is 5.91 Å². The zero-order chi connectivity index (χ0) is 16.8. The maximum absolute atomic E-state index is 12.7. The Hall–Kier alpha value is -2.44. The van der Waals surface area contributed by atoms with Crippen LogP contribution in [0.2, 0.25) is 0 Å². The van der Waals surface area contributed by atoms with Crippen molar-refractivity contribution in [3.63, 3.8) is 0 Å². The number of thiophene rings is 1. The van der Waals surface area contributed by atoms with E-state index in [9.17, 15) is 4.79 Å². The summed E-state index contributed by atoms with van der Waals surface area (Å²) in [7, 11) is 0. The van der Waals surface area contributed by atoms with E-state index in [0.717, 1.165) is 12.0 Å². The minimum Gasteiger partial charge on any atom is -0.360 e. The third-order valence-electron chi connectivity index (χ3n) is 3.57. The van der Waals surface area contributed by atoms with Crippen LogP contribution in [0.5, 0.6) is 0 Å². The molecule has 0 radical (unpaired) electrons. The fourth-order valence-corrected chi connectivity index (χ4v) is 3.13. The van der Waals surface area contributed by atoms with Crippen molar-refractivity contribution in [2.45, 2.75) is 19.4 Å². The summed E-state index contributed by atoms with van der Waals surface area (Å²) in [6, 6.07) is 15.1. The number of aromatic nitrogens is 1. The van der Waals surface area contributed by atoms with Crippen LogP contribution in [-0.2, 0) is 11.2 Å². The molecule has 124 valence electrons. The molecule has 1 aromatic carbocycles. The molecule has 1 atom stereocenters. The minimum atomic E-state index is -0.442. The first-order chi connectivity index (χ1) is 11.7. The fraction of sp³-hybridized carbons (Fsp3) is 0.222. The Morgan fingerprint density at radius 3 is 2.75 bits per heavy atom. The molecule has 0 saturated heterocycles. The van der Waals surface area contributed by atoms with Gasteiger partial charge in [-0.15, -0.1) is 11.3 Å². The van der Waals surface area contributed by atoms with Crippen molar-refractivity contribution in [2.24, 2.45) is 0 Å². The summed E-state index contributed by atoms with van der Waals surface area (Å²) in [4.78, 5) is 14.0. The number of anilines is 1. The molecule has 2 aromatic heterocycles. The van der Waals surface area contributed by atoms with Crippen LogP contribution >= 0.6 is 11.3 Å².